The number of β-amino-alcohol motifs (C(OH)–C–C–N with tert-alkyl or cyclic N) is 1. The second kappa shape index (κ2) is 9.34. The molecule has 0 saturated carbocycles. The standard InChI is InChI=1S/C17H23N4O11P/c1-7-3-9-10(4-8(7)2)21(32-27)13-15(18-17(26)19-16(13)25)20(9)5-11(22)14(24)12(23)6-31-33(28,29)30/h3-4,11-12,14,22-24,27H,5-6H2,1-2H3,(H2,28,29,30)(H2,18,19,25,26)/p-2/t11-,12+,14-/m0/s1. The predicted molar refractivity (Wildman–Crippen MR) is 108 cm³/mol. The van der Waals surface area contributed by atoms with Gasteiger partial charge in [-0.1, -0.05) is 0 Å². The molecule has 3 atom stereocenters. The van der Waals surface area contributed by atoms with E-state index in [-0.39, 0.29) is 22.9 Å². The van der Waals surface area contributed by atoms with Crippen molar-refractivity contribution in [2.45, 2.75) is 32.2 Å². The first kappa shape index (κ1) is 25.0. The van der Waals surface area contributed by atoms with Gasteiger partial charge >= 0.3 is 5.69 Å². The average molecular weight is 488 g/mol. The lowest BCUT2D eigenvalue weighted by molar-refractivity contribution is -0.343. The topological polar surface area (TPSA) is 235 Å². The predicted octanol–water partition coefficient (Wildman–Crippen LogP) is -2.40. The highest BCUT2D eigenvalue weighted by atomic mass is 31.2. The quantitative estimate of drug-likeness (QED) is 0.129. The van der Waals surface area contributed by atoms with Crippen LogP contribution in [-0.2, 0) is 14.1 Å². The van der Waals surface area contributed by atoms with E-state index in [0.29, 0.717) is 0 Å². The van der Waals surface area contributed by atoms with E-state index in [4.69, 9.17) is 0 Å². The Hall–Kier alpha value is -2.59. The SMILES string of the molecule is Cc1cc2c(cc1C)N(OO)c1c([nH]c(=O)[nH]c1=O)N2C[C@H](O)[C@H](O)[C@H](O)COP(=O)([O-])[O-]. The van der Waals surface area contributed by atoms with Gasteiger partial charge in [0, 0.05) is 0 Å². The van der Waals surface area contributed by atoms with Gasteiger partial charge in [-0.2, -0.15) is 5.06 Å². The van der Waals surface area contributed by atoms with Crippen molar-refractivity contribution in [2.75, 3.05) is 23.1 Å². The molecule has 3 rings (SSSR count). The molecule has 0 spiro atoms. The van der Waals surface area contributed by atoms with Crippen molar-refractivity contribution in [3.05, 3.63) is 44.1 Å². The molecule has 0 bridgehead atoms. The second-order valence-electron chi connectivity index (χ2n) is 7.39. The van der Waals surface area contributed by atoms with Gasteiger partial charge in [-0.05, 0) is 37.1 Å². The molecule has 33 heavy (non-hydrogen) atoms. The van der Waals surface area contributed by atoms with Gasteiger partial charge < -0.3 is 39.1 Å². The van der Waals surface area contributed by atoms with E-state index in [1.165, 1.54) is 4.90 Å². The summed E-state index contributed by atoms with van der Waals surface area (Å²) < 4.78 is 14.5. The lowest BCUT2D eigenvalue weighted by Gasteiger charge is -2.38. The van der Waals surface area contributed by atoms with Crippen LogP contribution in [0, 0.1) is 13.8 Å². The summed E-state index contributed by atoms with van der Waals surface area (Å²) in [5.41, 5.74) is -0.334. The number of aliphatic hydroxyl groups is 3. The number of aromatic amines is 2. The maximum absolute atomic E-state index is 12.5. The lowest BCUT2D eigenvalue weighted by atomic mass is 10.0. The largest absolute Gasteiger partial charge is 0.790 e. The normalized spacial score (nSPS) is 16.2. The summed E-state index contributed by atoms with van der Waals surface area (Å²) in [5, 5.41) is 40.8. The first-order chi connectivity index (χ1) is 15.3. The number of H-pyrrole nitrogens is 2. The zero-order valence-electron chi connectivity index (χ0n) is 17.3. The fourth-order valence-electron chi connectivity index (χ4n) is 3.35. The second-order valence-corrected chi connectivity index (χ2v) is 8.54. The monoisotopic (exact) mass is 488 g/mol. The minimum absolute atomic E-state index is 0.148. The number of nitrogens with zero attached hydrogens (tertiary/aromatic N) is 2. The third-order valence-corrected chi connectivity index (χ3v) is 5.58. The molecule has 15 nitrogen and oxygen atoms in total. The van der Waals surface area contributed by atoms with Gasteiger partial charge in [0.2, 0.25) is 0 Å². The maximum atomic E-state index is 12.5. The van der Waals surface area contributed by atoms with Crippen molar-refractivity contribution < 1.29 is 44.4 Å². The van der Waals surface area contributed by atoms with E-state index in [9.17, 15) is 44.5 Å². The Morgan fingerprint density at radius 1 is 1.06 bits per heavy atom. The van der Waals surface area contributed by atoms with Crippen LogP contribution in [0.3, 0.4) is 0 Å². The fraction of sp³-hybridized carbons (Fsp3) is 0.412. The van der Waals surface area contributed by atoms with Crippen LogP contribution in [0.5, 0.6) is 0 Å². The Balaban J connectivity index is 2.03. The minimum atomic E-state index is -5.43. The summed E-state index contributed by atoms with van der Waals surface area (Å²) in [6.07, 6.45) is -5.75. The van der Waals surface area contributed by atoms with Gasteiger partial charge in [0.05, 0.1) is 32.3 Å². The molecule has 0 unspecified atom stereocenters. The number of anilines is 4. The maximum Gasteiger partial charge on any atom is 0.327 e. The Labute approximate surface area is 185 Å². The van der Waals surface area contributed by atoms with Crippen LogP contribution in [0.15, 0.2) is 21.7 Å². The van der Waals surface area contributed by atoms with E-state index < -0.39 is 50.5 Å². The molecule has 0 radical (unpaired) electrons. The molecule has 16 heteroatoms. The molecule has 2 heterocycles. The van der Waals surface area contributed by atoms with E-state index in [1.807, 2.05) is 4.98 Å². The lowest BCUT2D eigenvalue weighted by Crippen LogP contribution is -2.47. The summed E-state index contributed by atoms with van der Waals surface area (Å²) in [5.74, 6) is -0.214. The van der Waals surface area contributed by atoms with Crippen molar-refractivity contribution in [1.82, 2.24) is 9.97 Å². The number of aliphatic hydroxyl groups excluding tert-OH is 3. The highest BCUT2D eigenvalue weighted by molar-refractivity contribution is 7.43. The average Bonchev–Trinajstić information content (AvgIpc) is 2.72. The number of fused-ring (bicyclic) bond motifs is 2. The number of aryl methyl sites for hydroxylation is 2. The number of phosphoric acid groups is 1. The molecule has 6 N–H and O–H groups in total. The number of benzene rings is 1. The summed E-state index contributed by atoms with van der Waals surface area (Å²) >= 11 is 0. The molecule has 0 amide bonds. The summed E-state index contributed by atoms with van der Waals surface area (Å²) in [4.78, 5) is 55.5. The van der Waals surface area contributed by atoms with Gasteiger partial charge in [-0.25, -0.2) is 10.1 Å². The highest BCUT2D eigenvalue weighted by Gasteiger charge is 2.36. The Morgan fingerprint density at radius 3 is 2.24 bits per heavy atom. The van der Waals surface area contributed by atoms with Crippen molar-refractivity contribution >= 4 is 30.7 Å². The number of rotatable bonds is 8. The van der Waals surface area contributed by atoms with E-state index in [0.717, 1.165) is 16.2 Å². The number of phosphoric ester groups is 1. The first-order valence-corrected chi connectivity index (χ1v) is 10.9. The fourth-order valence-corrected chi connectivity index (χ4v) is 3.68. The van der Waals surface area contributed by atoms with E-state index in [2.05, 4.69) is 14.5 Å². The molecule has 1 aliphatic rings. The summed E-state index contributed by atoms with van der Waals surface area (Å²) in [6, 6.07) is 3.16. The van der Waals surface area contributed by atoms with Crippen molar-refractivity contribution in [3.8, 4) is 0 Å². The third kappa shape index (κ3) is 5.16. The summed E-state index contributed by atoms with van der Waals surface area (Å²) in [6.45, 7) is 1.87. The Bertz CT molecular complexity index is 1190. The number of hydrogen-bond donors (Lipinski definition) is 6. The van der Waals surface area contributed by atoms with Crippen LogP contribution in [0.2, 0.25) is 0 Å². The molecule has 1 aromatic heterocycles. The molecule has 2 aromatic rings. The molecule has 0 fully saturated rings. The van der Waals surface area contributed by atoms with Crippen molar-refractivity contribution in [1.29, 1.82) is 0 Å². The molecule has 0 aliphatic carbocycles. The van der Waals surface area contributed by atoms with Gasteiger partial charge in [-0.3, -0.25) is 14.8 Å². The van der Waals surface area contributed by atoms with Crippen LogP contribution in [0.25, 0.3) is 0 Å². The number of hydrogen-bond acceptors (Lipinski definition) is 13. The van der Waals surface area contributed by atoms with Crippen LogP contribution in [-0.4, -0.2) is 62.0 Å². The molecular formula is C17H21N4O11P-2. The van der Waals surface area contributed by atoms with Crippen LogP contribution >= 0.6 is 7.82 Å². The smallest absolute Gasteiger partial charge is 0.327 e. The Morgan fingerprint density at radius 2 is 1.67 bits per heavy atom. The zero-order valence-corrected chi connectivity index (χ0v) is 18.2. The first-order valence-electron chi connectivity index (χ1n) is 9.42. The van der Waals surface area contributed by atoms with Crippen molar-refractivity contribution in [3.63, 3.8) is 0 Å². The van der Waals surface area contributed by atoms with Gasteiger partial charge in [0.1, 0.15) is 24.1 Å². The van der Waals surface area contributed by atoms with Gasteiger partial charge in [0.15, 0.2) is 5.69 Å². The van der Waals surface area contributed by atoms with Crippen LogP contribution in [0.4, 0.5) is 22.9 Å². The van der Waals surface area contributed by atoms with Crippen molar-refractivity contribution in [2.24, 2.45) is 0 Å². The van der Waals surface area contributed by atoms with Crippen LogP contribution < -0.4 is 31.0 Å². The zero-order chi connectivity index (χ0) is 24.7. The van der Waals surface area contributed by atoms with Gasteiger partial charge in [-0.15, -0.1) is 4.99 Å². The van der Waals surface area contributed by atoms with Gasteiger partial charge in [0.25, 0.3) is 5.56 Å². The molecular weight excluding hydrogens is 467 g/mol. The van der Waals surface area contributed by atoms with Crippen LogP contribution in [0.1, 0.15) is 11.1 Å². The molecule has 1 aliphatic heterocycles. The molecule has 0 saturated heterocycles. The third-order valence-electron chi connectivity index (χ3n) is 5.12. The van der Waals surface area contributed by atoms with E-state index in [1.54, 1.807) is 26.0 Å². The van der Waals surface area contributed by atoms with E-state index >= 15 is 0 Å². The summed E-state index contributed by atoms with van der Waals surface area (Å²) in [7, 11) is -5.43. The molecule has 182 valence electrons. The molecule has 1 aromatic carbocycles. The number of nitrogens with one attached hydrogen (secondary N) is 2. The minimum Gasteiger partial charge on any atom is -0.790 e. The highest BCUT2D eigenvalue weighted by Crippen LogP contribution is 2.46. The number of aromatic nitrogens is 2. The Kier molecular flexibility index (Phi) is 7.09.